The Labute approximate surface area is 107 Å². The molecule has 0 saturated carbocycles. The van der Waals surface area contributed by atoms with Crippen molar-refractivity contribution < 1.29 is 4.39 Å². The Hall–Kier alpha value is -1.49. The van der Waals surface area contributed by atoms with Gasteiger partial charge in [-0.05, 0) is 53.2 Å². The van der Waals surface area contributed by atoms with Crippen molar-refractivity contribution in [3.63, 3.8) is 0 Å². The van der Waals surface area contributed by atoms with Crippen LogP contribution in [0.5, 0.6) is 0 Å². The van der Waals surface area contributed by atoms with Gasteiger partial charge in [0, 0.05) is 12.1 Å². The van der Waals surface area contributed by atoms with Crippen molar-refractivity contribution in [3.05, 3.63) is 40.6 Å². The molecule has 88 valence electrons. The lowest BCUT2D eigenvalue weighted by Crippen LogP contribution is -2.00. The van der Waals surface area contributed by atoms with E-state index in [-0.39, 0.29) is 5.82 Å². The molecule has 1 N–H and O–H groups in total. The van der Waals surface area contributed by atoms with E-state index in [2.05, 4.69) is 31.4 Å². The number of hydrogen-bond acceptors (Lipinski definition) is 3. The third-order valence-corrected chi connectivity index (χ3v) is 2.85. The highest BCUT2D eigenvalue weighted by Gasteiger charge is 2.04. The van der Waals surface area contributed by atoms with Gasteiger partial charge < -0.3 is 5.32 Å². The minimum atomic E-state index is -0.286. The molecule has 5 heteroatoms. The highest BCUT2D eigenvalue weighted by Crippen LogP contribution is 2.23. The normalized spacial score (nSPS) is 10.3. The summed E-state index contributed by atoms with van der Waals surface area (Å²) in [6, 6.07) is 8.47. The van der Waals surface area contributed by atoms with Crippen molar-refractivity contribution in [2.75, 3.05) is 11.9 Å². The molecule has 0 spiro atoms. The summed E-state index contributed by atoms with van der Waals surface area (Å²) in [5, 5.41) is 11.2. The zero-order valence-corrected chi connectivity index (χ0v) is 10.8. The van der Waals surface area contributed by atoms with Crippen molar-refractivity contribution in [3.8, 4) is 11.3 Å². The molecule has 2 aromatic rings. The van der Waals surface area contributed by atoms with Crippen LogP contribution in [0.2, 0.25) is 0 Å². The molecular weight excluding hydrogens is 285 g/mol. The minimum Gasteiger partial charge on any atom is -0.369 e. The van der Waals surface area contributed by atoms with Crippen LogP contribution in [-0.4, -0.2) is 16.7 Å². The first-order chi connectivity index (χ1) is 8.20. The lowest BCUT2D eigenvalue weighted by atomic mass is 10.1. The van der Waals surface area contributed by atoms with Gasteiger partial charge in [-0.3, -0.25) is 0 Å². The molecule has 0 aliphatic carbocycles. The maximum atomic E-state index is 13.1. The molecule has 17 heavy (non-hydrogen) atoms. The Morgan fingerprint density at radius 3 is 2.65 bits per heavy atom. The van der Waals surface area contributed by atoms with Crippen LogP contribution in [-0.2, 0) is 0 Å². The molecule has 0 bridgehead atoms. The molecule has 1 heterocycles. The summed E-state index contributed by atoms with van der Waals surface area (Å²) in [4.78, 5) is 0. The molecule has 0 aliphatic heterocycles. The van der Waals surface area contributed by atoms with E-state index in [0.29, 0.717) is 10.2 Å². The van der Waals surface area contributed by atoms with E-state index in [9.17, 15) is 4.39 Å². The van der Waals surface area contributed by atoms with E-state index in [0.717, 1.165) is 17.9 Å². The number of benzene rings is 1. The molecule has 2 rings (SSSR count). The Morgan fingerprint density at radius 1 is 1.24 bits per heavy atom. The van der Waals surface area contributed by atoms with Crippen LogP contribution in [0.1, 0.15) is 6.92 Å². The smallest absolute Gasteiger partial charge is 0.148 e. The second-order valence-corrected chi connectivity index (χ2v) is 4.32. The first-order valence-corrected chi connectivity index (χ1v) is 6.03. The predicted octanol–water partition coefficient (Wildman–Crippen LogP) is 3.48. The monoisotopic (exact) mass is 295 g/mol. The van der Waals surface area contributed by atoms with Crippen molar-refractivity contribution in [1.82, 2.24) is 10.2 Å². The van der Waals surface area contributed by atoms with Crippen LogP contribution in [0.3, 0.4) is 0 Å². The van der Waals surface area contributed by atoms with Gasteiger partial charge in [-0.15, -0.1) is 10.2 Å². The molecule has 0 atom stereocenters. The molecule has 0 aliphatic rings. The largest absolute Gasteiger partial charge is 0.369 e. The Balaban J connectivity index is 2.30. The number of halogens is 2. The summed E-state index contributed by atoms with van der Waals surface area (Å²) in [7, 11) is 0. The van der Waals surface area contributed by atoms with Crippen LogP contribution in [0.15, 0.2) is 34.8 Å². The summed E-state index contributed by atoms with van der Waals surface area (Å²) >= 11 is 3.15. The van der Waals surface area contributed by atoms with Gasteiger partial charge in [0.05, 0.1) is 10.2 Å². The van der Waals surface area contributed by atoms with Crippen LogP contribution < -0.4 is 5.32 Å². The Morgan fingerprint density at radius 2 is 2.06 bits per heavy atom. The van der Waals surface area contributed by atoms with Crippen LogP contribution in [0.25, 0.3) is 11.3 Å². The molecule has 1 aromatic heterocycles. The minimum absolute atomic E-state index is 0.286. The zero-order valence-electron chi connectivity index (χ0n) is 9.24. The average Bonchev–Trinajstić information content (AvgIpc) is 2.34. The lowest BCUT2D eigenvalue weighted by molar-refractivity contribution is 0.621. The fourth-order valence-electron chi connectivity index (χ4n) is 1.42. The maximum absolute atomic E-state index is 13.1. The molecule has 1 aromatic carbocycles. The third kappa shape index (κ3) is 2.79. The molecule has 0 fully saturated rings. The topological polar surface area (TPSA) is 37.8 Å². The number of nitrogens with one attached hydrogen (secondary N) is 1. The van der Waals surface area contributed by atoms with E-state index in [1.807, 2.05) is 19.1 Å². The quantitative estimate of drug-likeness (QED) is 0.942. The summed E-state index contributed by atoms with van der Waals surface area (Å²) in [6.45, 7) is 2.79. The number of nitrogens with zero attached hydrogens (tertiary/aromatic N) is 2. The van der Waals surface area contributed by atoms with E-state index >= 15 is 0 Å². The van der Waals surface area contributed by atoms with Gasteiger partial charge in [0.15, 0.2) is 0 Å². The van der Waals surface area contributed by atoms with Gasteiger partial charge in [0.1, 0.15) is 11.6 Å². The van der Waals surface area contributed by atoms with Gasteiger partial charge in [-0.2, -0.15) is 0 Å². The zero-order chi connectivity index (χ0) is 12.3. The number of anilines is 1. The fourth-order valence-corrected chi connectivity index (χ4v) is 1.80. The van der Waals surface area contributed by atoms with E-state index in [4.69, 9.17) is 0 Å². The van der Waals surface area contributed by atoms with Crippen molar-refractivity contribution >= 4 is 21.7 Å². The SMILES string of the molecule is CCNc1ccc(-c2ccc(F)c(Br)c2)nn1. The second-order valence-electron chi connectivity index (χ2n) is 3.46. The Bertz CT molecular complexity index is 514. The molecule has 0 saturated heterocycles. The molecule has 0 radical (unpaired) electrons. The average molecular weight is 296 g/mol. The lowest BCUT2D eigenvalue weighted by Gasteiger charge is -2.04. The molecular formula is C12H11BrFN3. The second kappa shape index (κ2) is 5.23. The first kappa shape index (κ1) is 12.0. The van der Waals surface area contributed by atoms with Gasteiger partial charge in [-0.1, -0.05) is 0 Å². The first-order valence-electron chi connectivity index (χ1n) is 5.23. The van der Waals surface area contributed by atoms with Crippen molar-refractivity contribution in [2.24, 2.45) is 0 Å². The van der Waals surface area contributed by atoms with Crippen molar-refractivity contribution in [2.45, 2.75) is 6.92 Å². The highest BCUT2D eigenvalue weighted by molar-refractivity contribution is 9.10. The molecule has 3 nitrogen and oxygen atoms in total. The fraction of sp³-hybridized carbons (Fsp3) is 0.167. The van der Waals surface area contributed by atoms with Gasteiger partial charge in [0.25, 0.3) is 0 Å². The maximum Gasteiger partial charge on any atom is 0.148 e. The number of aromatic nitrogens is 2. The van der Waals surface area contributed by atoms with Crippen molar-refractivity contribution in [1.29, 1.82) is 0 Å². The van der Waals surface area contributed by atoms with E-state index in [1.165, 1.54) is 6.07 Å². The molecule has 0 unspecified atom stereocenters. The van der Waals surface area contributed by atoms with Gasteiger partial charge in [0.2, 0.25) is 0 Å². The van der Waals surface area contributed by atoms with Gasteiger partial charge in [-0.25, -0.2) is 4.39 Å². The number of hydrogen-bond donors (Lipinski definition) is 1. The third-order valence-electron chi connectivity index (χ3n) is 2.24. The Kier molecular flexibility index (Phi) is 3.68. The summed E-state index contributed by atoms with van der Waals surface area (Å²) < 4.78 is 13.5. The predicted molar refractivity (Wildman–Crippen MR) is 69.3 cm³/mol. The number of rotatable bonds is 3. The summed E-state index contributed by atoms with van der Waals surface area (Å²) in [5.41, 5.74) is 1.54. The van der Waals surface area contributed by atoms with Crippen LogP contribution in [0.4, 0.5) is 10.2 Å². The van der Waals surface area contributed by atoms with E-state index < -0.39 is 0 Å². The summed E-state index contributed by atoms with van der Waals surface area (Å²) in [6.07, 6.45) is 0. The van der Waals surface area contributed by atoms with E-state index in [1.54, 1.807) is 12.1 Å². The standard InChI is InChI=1S/C12H11BrFN3/c1-2-15-12-6-5-11(16-17-12)8-3-4-10(14)9(13)7-8/h3-7H,2H2,1H3,(H,15,17). The van der Waals surface area contributed by atoms with Gasteiger partial charge >= 0.3 is 0 Å². The van der Waals surface area contributed by atoms with Crippen LogP contribution >= 0.6 is 15.9 Å². The highest BCUT2D eigenvalue weighted by atomic mass is 79.9. The molecule has 0 amide bonds. The van der Waals surface area contributed by atoms with Crippen LogP contribution in [0, 0.1) is 5.82 Å². The summed E-state index contributed by atoms with van der Waals surface area (Å²) in [5.74, 6) is 0.448.